The molecule has 0 bridgehead atoms. The van der Waals surface area contributed by atoms with Gasteiger partial charge in [-0.1, -0.05) is 43.3 Å². The molecule has 0 saturated heterocycles. The molecule has 0 amide bonds. The summed E-state index contributed by atoms with van der Waals surface area (Å²) < 4.78 is 0. The van der Waals surface area contributed by atoms with Crippen LogP contribution in [0.15, 0.2) is 42.5 Å². The van der Waals surface area contributed by atoms with Crippen LogP contribution in [-0.4, -0.2) is 16.2 Å². The summed E-state index contributed by atoms with van der Waals surface area (Å²) in [5, 5.41) is 19.3. The third-order valence-corrected chi connectivity index (χ3v) is 3.40. The first-order chi connectivity index (χ1) is 9.02. The summed E-state index contributed by atoms with van der Waals surface area (Å²) in [7, 11) is 0. The number of benzene rings is 2. The molecule has 3 nitrogen and oxygen atoms in total. The third-order valence-electron chi connectivity index (χ3n) is 3.40. The van der Waals surface area contributed by atoms with Gasteiger partial charge in [-0.15, -0.1) is 0 Å². The zero-order valence-corrected chi connectivity index (χ0v) is 14.6. The van der Waals surface area contributed by atoms with Gasteiger partial charge in [0.15, 0.2) is 0 Å². The van der Waals surface area contributed by atoms with Gasteiger partial charge in [0, 0.05) is 31.0 Å². The maximum Gasteiger partial charge on any atom is 0.339 e. The van der Waals surface area contributed by atoms with Crippen LogP contribution in [0.1, 0.15) is 39.9 Å². The van der Waals surface area contributed by atoms with Crippen LogP contribution in [-0.2, 0) is 19.5 Å². The van der Waals surface area contributed by atoms with Crippen molar-refractivity contribution in [2.24, 2.45) is 0 Å². The zero-order chi connectivity index (χ0) is 14.0. The minimum Gasteiger partial charge on any atom is -0.507 e. The van der Waals surface area contributed by atoms with Crippen molar-refractivity contribution >= 4 is 5.97 Å². The standard InChI is InChI=1S/C16H16O3.Zn/c1-10-8-9-13(16(18)19)15(17)14(10)11(2)12-6-4-3-5-7-12;/h3-9,11,17H,1-2H3,(H,18,19);. The first-order valence-electron chi connectivity index (χ1n) is 6.13. The average Bonchev–Trinajstić information content (AvgIpc) is 2.39. The molecule has 0 aliphatic rings. The fraction of sp³-hybridized carbons (Fsp3) is 0.188. The number of aromatic hydroxyl groups is 1. The monoisotopic (exact) mass is 320 g/mol. The summed E-state index contributed by atoms with van der Waals surface area (Å²) >= 11 is 0. The van der Waals surface area contributed by atoms with Crippen molar-refractivity contribution in [2.45, 2.75) is 19.8 Å². The molecule has 0 aromatic heterocycles. The number of hydrogen-bond acceptors (Lipinski definition) is 2. The molecular weight excluding hydrogens is 306 g/mol. The number of carboxylic acids is 1. The second kappa shape index (κ2) is 6.67. The number of aryl methyl sites for hydroxylation is 1. The number of carboxylic acid groups (broad SMARTS) is 1. The molecule has 0 heterocycles. The summed E-state index contributed by atoms with van der Waals surface area (Å²) in [5.74, 6) is -1.30. The molecular formula is C16H16O3Zn. The quantitative estimate of drug-likeness (QED) is 0.850. The predicted octanol–water partition coefficient (Wildman–Crippen LogP) is 3.55. The number of rotatable bonds is 3. The van der Waals surface area contributed by atoms with E-state index in [4.69, 9.17) is 5.11 Å². The number of hydrogen-bond donors (Lipinski definition) is 2. The van der Waals surface area contributed by atoms with E-state index in [1.165, 1.54) is 6.07 Å². The maximum absolute atomic E-state index is 11.1. The van der Waals surface area contributed by atoms with Crippen molar-refractivity contribution in [3.63, 3.8) is 0 Å². The SMILES string of the molecule is Cc1ccc(C(=O)O)c(O)c1C(C)c1ccccc1.[Zn]. The Morgan fingerprint density at radius 3 is 2.25 bits per heavy atom. The summed E-state index contributed by atoms with van der Waals surface area (Å²) in [6, 6.07) is 12.9. The summed E-state index contributed by atoms with van der Waals surface area (Å²) in [6.45, 7) is 3.84. The topological polar surface area (TPSA) is 57.5 Å². The molecule has 0 radical (unpaired) electrons. The fourth-order valence-corrected chi connectivity index (χ4v) is 2.34. The Bertz CT molecular complexity index is 609. The summed E-state index contributed by atoms with van der Waals surface area (Å²) in [6.07, 6.45) is 0. The molecule has 2 N–H and O–H groups in total. The molecule has 2 rings (SSSR count). The van der Waals surface area contributed by atoms with Gasteiger partial charge in [-0.05, 0) is 24.1 Å². The van der Waals surface area contributed by atoms with E-state index in [2.05, 4.69) is 0 Å². The van der Waals surface area contributed by atoms with E-state index in [9.17, 15) is 9.90 Å². The van der Waals surface area contributed by atoms with Gasteiger partial charge in [-0.2, -0.15) is 0 Å². The molecule has 2 aromatic carbocycles. The molecule has 0 saturated carbocycles. The Morgan fingerprint density at radius 1 is 1.10 bits per heavy atom. The van der Waals surface area contributed by atoms with E-state index in [0.29, 0.717) is 5.56 Å². The van der Waals surface area contributed by atoms with E-state index in [1.807, 2.05) is 44.2 Å². The molecule has 0 fully saturated rings. The van der Waals surface area contributed by atoms with Crippen LogP contribution in [0, 0.1) is 6.92 Å². The van der Waals surface area contributed by atoms with Crippen LogP contribution in [0.25, 0.3) is 0 Å². The molecule has 20 heavy (non-hydrogen) atoms. The van der Waals surface area contributed by atoms with Crippen molar-refractivity contribution in [1.29, 1.82) is 0 Å². The van der Waals surface area contributed by atoms with Gasteiger partial charge in [-0.25, -0.2) is 4.79 Å². The van der Waals surface area contributed by atoms with Crippen LogP contribution in [0.4, 0.5) is 0 Å². The van der Waals surface area contributed by atoms with Gasteiger partial charge >= 0.3 is 5.97 Å². The Kier molecular flexibility index (Phi) is 5.46. The van der Waals surface area contributed by atoms with Gasteiger partial charge in [0.2, 0.25) is 0 Å². The molecule has 1 atom stereocenters. The van der Waals surface area contributed by atoms with E-state index < -0.39 is 5.97 Å². The van der Waals surface area contributed by atoms with E-state index >= 15 is 0 Å². The van der Waals surface area contributed by atoms with Crippen LogP contribution < -0.4 is 0 Å². The minimum atomic E-state index is -1.11. The number of aromatic carboxylic acids is 1. The molecule has 2 aromatic rings. The van der Waals surface area contributed by atoms with Gasteiger partial charge < -0.3 is 10.2 Å². The van der Waals surface area contributed by atoms with Crippen molar-refractivity contribution in [3.8, 4) is 5.75 Å². The van der Waals surface area contributed by atoms with Crippen molar-refractivity contribution in [1.82, 2.24) is 0 Å². The average molecular weight is 322 g/mol. The second-order valence-electron chi connectivity index (χ2n) is 4.63. The van der Waals surface area contributed by atoms with Gasteiger partial charge in [-0.3, -0.25) is 0 Å². The minimum absolute atomic E-state index is 0. The summed E-state index contributed by atoms with van der Waals surface area (Å²) in [5.41, 5.74) is 2.55. The Hall–Kier alpha value is -1.67. The van der Waals surface area contributed by atoms with Crippen LogP contribution in [0.2, 0.25) is 0 Å². The number of carbonyl (C=O) groups is 1. The van der Waals surface area contributed by atoms with Crippen molar-refractivity contribution < 1.29 is 34.5 Å². The predicted molar refractivity (Wildman–Crippen MR) is 73.8 cm³/mol. The maximum atomic E-state index is 11.1. The van der Waals surface area contributed by atoms with Gasteiger partial charge in [0.05, 0.1) is 0 Å². The van der Waals surface area contributed by atoms with Gasteiger partial charge in [0.1, 0.15) is 11.3 Å². The van der Waals surface area contributed by atoms with Crippen molar-refractivity contribution in [3.05, 3.63) is 64.7 Å². The van der Waals surface area contributed by atoms with Crippen LogP contribution in [0.5, 0.6) is 5.75 Å². The zero-order valence-electron chi connectivity index (χ0n) is 11.6. The first-order valence-corrected chi connectivity index (χ1v) is 6.13. The first kappa shape index (κ1) is 16.4. The molecule has 4 heteroatoms. The number of phenols is 1. The molecule has 0 spiro atoms. The smallest absolute Gasteiger partial charge is 0.339 e. The molecule has 0 aliphatic heterocycles. The van der Waals surface area contributed by atoms with Crippen LogP contribution >= 0.6 is 0 Å². The molecule has 100 valence electrons. The third kappa shape index (κ3) is 3.08. The van der Waals surface area contributed by atoms with Crippen LogP contribution in [0.3, 0.4) is 0 Å². The molecule has 0 aliphatic carbocycles. The van der Waals surface area contributed by atoms with E-state index in [-0.39, 0.29) is 36.7 Å². The normalized spacial score (nSPS) is 11.5. The second-order valence-corrected chi connectivity index (χ2v) is 4.63. The largest absolute Gasteiger partial charge is 0.507 e. The Labute approximate surface area is 131 Å². The van der Waals surface area contributed by atoms with Crippen molar-refractivity contribution in [2.75, 3.05) is 0 Å². The Morgan fingerprint density at radius 2 is 1.70 bits per heavy atom. The Balaban J connectivity index is 0.00000200. The summed E-state index contributed by atoms with van der Waals surface area (Å²) in [4.78, 5) is 11.1. The van der Waals surface area contributed by atoms with E-state index in [1.54, 1.807) is 6.07 Å². The van der Waals surface area contributed by atoms with Gasteiger partial charge in [0.25, 0.3) is 0 Å². The molecule has 1 unspecified atom stereocenters. The fourth-order valence-electron chi connectivity index (χ4n) is 2.34. The van der Waals surface area contributed by atoms with E-state index in [0.717, 1.165) is 11.1 Å².